The molecule has 0 saturated heterocycles. The molecule has 1 aliphatic rings. The molecule has 1 aliphatic heterocycles. The third-order valence-corrected chi connectivity index (χ3v) is 4.44. The van der Waals surface area contributed by atoms with Crippen LogP contribution in [0, 0.1) is 23.0 Å². The molecule has 1 aromatic heterocycles. The van der Waals surface area contributed by atoms with Crippen LogP contribution in [0.3, 0.4) is 0 Å². The van der Waals surface area contributed by atoms with E-state index in [9.17, 15) is 8.78 Å². The van der Waals surface area contributed by atoms with Crippen LogP contribution < -0.4 is 9.64 Å². The Balaban J connectivity index is 2.04. The summed E-state index contributed by atoms with van der Waals surface area (Å²) in [5, 5.41) is 9.07. The van der Waals surface area contributed by atoms with Crippen LogP contribution >= 0.6 is 0 Å². The van der Waals surface area contributed by atoms with Gasteiger partial charge < -0.3 is 9.64 Å². The van der Waals surface area contributed by atoms with Crippen molar-refractivity contribution < 1.29 is 13.5 Å². The summed E-state index contributed by atoms with van der Waals surface area (Å²) in [5.74, 6) is -0.451. The largest absolute Gasteiger partial charge is 0.495 e. The normalized spacial score (nSPS) is 16.5. The number of benzene rings is 1. The maximum absolute atomic E-state index is 14.1. The molecular weight excluding hydrogens is 312 g/mol. The van der Waals surface area contributed by atoms with Gasteiger partial charge in [-0.25, -0.2) is 13.8 Å². The number of rotatable bonds is 3. The summed E-state index contributed by atoms with van der Waals surface area (Å²) in [6.07, 6.45) is 2.60. The number of hydrogen-bond donors (Lipinski definition) is 0. The van der Waals surface area contributed by atoms with E-state index in [-0.39, 0.29) is 6.04 Å². The molecule has 3 rings (SSSR count). The zero-order chi connectivity index (χ0) is 17.3. The smallest absolute Gasteiger partial charge is 0.162 e. The van der Waals surface area contributed by atoms with Crippen molar-refractivity contribution in [2.45, 2.75) is 25.8 Å². The van der Waals surface area contributed by atoms with Crippen LogP contribution in [-0.2, 0) is 6.42 Å². The average Bonchev–Trinajstić information content (AvgIpc) is 2.63. The molecule has 0 aliphatic carbocycles. The highest BCUT2D eigenvalue weighted by Crippen LogP contribution is 2.37. The van der Waals surface area contributed by atoms with Gasteiger partial charge >= 0.3 is 0 Å². The summed E-state index contributed by atoms with van der Waals surface area (Å²) < 4.78 is 32.8. The molecule has 1 atom stereocenters. The number of ether oxygens (including phenoxy) is 1. The predicted octanol–water partition coefficient (Wildman–Crippen LogP) is 3.75. The van der Waals surface area contributed by atoms with Gasteiger partial charge in [-0.05, 0) is 30.0 Å². The van der Waals surface area contributed by atoms with Gasteiger partial charge in [0.15, 0.2) is 11.6 Å². The number of methoxy groups -OCH3 is 1. The molecule has 0 amide bonds. The van der Waals surface area contributed by atoms with E-state index in [1.807, 2.05) is 17.9 Å². The van der Waals surface area contributed by atoms with Gasteiger partial charge in [0.2, 0.25) is 0 Å². The fraction of sp³-hybridized carbons (Fsp3) is 0.333. The first-order chi connectivity index (χ1) is 11.6. The summed E-state index contributed by atoms with van der Waals surface area (Å²) in [6, 6.07) is 6.47. The Morgan fingerprint density at radius 2 is 2.21 bits per heavy atom. The fourth-order valence-electron chi connectivity index (χ4n) is 3.28. The van der Waals surface area contributed by atoms with Crippen LogP contribution in [0.4, 0.5) is 14.6 Å². The molecule has 0 saturated carbocycles. The molecule has 6 heteroatoms. The van der Waals surface area contributed by atoms with Crippen molar-refractivity contribution >= 4 is 5.82 Å². The molecule has 1 unspecified atom stereocenters. The third kappa shape index (κ3) is 2.56. The molecule has 0 radical (unpaired) electrons. The number of fused-ring (bicyclic) bond motifs is 1. The summed E-state index contributed by atoms with van der Waals surface area (Å²) in [4.78, 5) is 6.39. The Morgan fingerprint density at radius 3 is 2.88 bits per heavy atom. The first kappa shape index (κ1) is 16.2. The summed E-state index contributed by atoms with van der Waals surface area (Å²) in [7, 11) is 1.50. The monoisotopic (exact) mass is 329 g/mol. The van der Waals surface area contributed by atoms with E-state index in [0.717, 1.165) is 12.0 Å². The van der Waals surface area contributed by atoms with Crippen molar-refractivity contribution in [3.63, 3.8) is 0 Å². The van der Waals surface area contributed by atoms with Crippen molar-refractivity contribution in [2.75, 3.05) is 18.6 Å². The van der Waals surface area contributed by atoms with Gasteiger partial charge in [0.25, 0.3) is 0 Å². The molecule has 4 nitrogen and oxygen atoms in total. The number of anilines is 1. The topological polar surface area (TPSA) is 49.1 Å². The van der Waals surface area contributed by atoms with Crippen LogP contribution in [-0.4, -0.2) is 18.6 Å². The second-order valence-electron chi connectivity index (χ2n) is 5.65. The van der Waals surface area contributed by atoms with Crippen LogP contribution in [0.25, 0.3) is 0 Å². The molecular formula is C18H17F2N3O. The maximum Gasteiger partial charge on any atom is 0.162 e. The van der Waals surface area contributed by atoms with Crippen LogP contribution in [0.5, 0.6) is 5.75 Å². The molecule has 1 aromatic carbocycles. The minimum atomic E-state index is -0.810. The molecule has 0 bridgehead atoms. The van der Waals surface area contributed by atoms with E-state index in [2.05, 4.69) is 4.98 Å². The van der Waals surface area contributed by atoms with Crippen molar-refractivity contribution in [2.24, 2.45) is 0 Å². The first-order valence-electron chi connectivity index (χ1n) is 7.78. The second kappa shape index (κ2) is 6.44. The quantitative estimate of drug-likeness (QED) is 0.860. The summed E-state index contributed by atoms with van der Waals surface area (Å²) >= 11 is 0. The Kier molecular flexibility index (Phi) is 4.34. The third-order valence-electron chi connectivity index (χ3n) is 4.44. The number of nitrogens with zero attached hydrogens (tertiary/aromatic N) is 3. The van der Waals surface area contributed by atoms with E-state index < -0.39 is 11.6 Å². The molecule has 124 valence electrons. The minimum absolute atomic E-state index is 0.103. The molecule has 0 spiro atoms. The highest BCUT2D eigenvalue weighted by Gasteiger charge is 2.30. The molecule has 2 heterocycles. The zero-order valence-corrected chi connectivity index (χ0v) is 13.5. The predicted molar refractivity (Wildman–Crippen MR) is 85.9 cm³/mol. The van der Waals surface area contributed by atoms with Crippen LogP contribution in [0.1, 0.15) is 36.1 Å². The van der Waals surface area contributed by atoms with E-state index in [1.54, 1.807) is 12.1 Å². The lowest BCUT2D eigenvalue weighted by Crippen LogP contribution is -2.36. The number of halogens is 2. The lowest BCUT2D eigenvalue weighted by Gasteiger charge is -2.38. The van der Waals surface area contributed by atoms with Gasteiger partial charge in [0.05, 0.1) is 19.3 Å². The van der Waals surface area contributed by atoms with Crippen LogP contribution in [0.15, 0.2) is 24.4 Å². The van der Waals surface area contributed by atoms with Gasteiger partial charge in [-0.3, -0.25) is 0 Å². The maximum atomic E-state index is 14.1. The Morgan fingerprint density at radius 1 is 1.42 bits per heavy atom. The highest BCUT2D eigenvalue weighted by atomic mass is 19.2. The molecule has 24 heavy (non-hydrogen) atoms. The summed E-state index contributed by atoms with van der Waals surface area (Å²) in [5.41, 5.74) is 1.59. The lowest BCUT2D eigenvalue weighted by atomic mass is 9.90. The Labute approximate surface area is 139 Å². The van der Waals surface area contributed by atoms with Gasteiger partial charge in [0, 0.05) is 12.6 Å². The van der Waals surface area contributed by atoms with E-state index in [4.69, 9.17) is 10.00 Å². The lowest BCUT2D eigenvalue weighted by molar-refractivity contribution is 0.412. The minimum Gasteiger partial charge on any atom is -0.495 e. The number of hydrogen-bond acceptors (Lipinski definition) is 4. The molecule has 0 N–H and O–H groups in total. The molecule has 0 fully saturated rings. The van der Waals surface area contributed by atoms with E-state index in [1.165, 1.54) is 19.4 Å². The Bertz CT molecular complexity index is 817. The number of aromatic nitrogens is 1. The van der Waals surface area contributed by atoms with E-state index in [0.29, 0.717) is 35.7 Å². The van der Waals surface area contributed by atoms with Crippen molar-refractivity contribution in [3.05, 3.63) is 52.7 Å². The average molecular weight is 329 g/mol. The van der Waals surface area contributed by atoms with E-state index >= 15 is 0 Å². The van der Waals surface area contributed by atoms with Crippen molar-refractivity contribution in [1.29, 1.82) is 5.26 Å². The van der Waals surface area contributed by atoms with Crippen molar-refractivity contribution in [1.82, 2.24) is 4.98 Å². The second-order valence-corrected chi connectivity index (χ2v) is 5.65. The van der Waals surface area contributed by atoms with Gasteiger partial charge in [-0.2, -0.15) is 5.26 Å². The van der Waals surface area contributed by atoms with Gasteiger partial charge in [0.1, 0.15) is 23.2 Å². The first-order valence-corrected chi connectivity index (χ1v) is 7.78. The summed E-state index contributed by atoms with van der Waals surface area (Å²) in [6.45, 7) is 2.52. The van der Waals surface area contributed by atoms with Crippen molar-refractivity contribution in [3.8, 4) is 11.8 Å². The highest BCUT2D eigenvalue weighted by molar-refractivity contribution is 5.54. The van der Waals surface area contributed by atoms with Gasteiger partial charge in [-0.1, -0.05) is 13.0 Å². The standard InChI is InChI=1S/C18H17F2N3O/c1-3-15-12-4-5-14(19)18(20)13(12)6-7-23(15)17-8-16(24-2)11(9-21)10-22-17/h4-5,8,10,15H,3,6-7H2,1-2H3. The number of nitriles is 1. The fourth-order valence-corrected chi connectivity index (χ4v) is 3.28. The van der Waals surface area contributed by atoms with Gasteiger partial charge in [-0.15, -0.1) is 0 Å². The zero-order valence-electron chi connectivity index (χ0n) is 13.5. The number of pyridine rings is 1. The van der Waals surface area contributed by atoms with Crippen LogP contribution in [0.2, 0.25) is 0 Å². The Hall–Kier alpha value is -2.68. The SMILES string of the molecule is CCC1c2ccc(F)c(F)c2CCN1c1cc(OC)c(C#N)cn1. The molecule has 2 aromatic rings.